The van der Waals surface area contributed by atoms with Crippen molar-refractivity contribution in [1.29, 1.82) is 0 Å². The number of hydrogen-bond acceptors (Lipinski definition) is 2. The molecular weight excluding hydrogens is 460 g/mol. The average Bonchev–Trinajstić information content (AvgIpc) is 2.93. The summed E-state index contributed by atoms with van der Waals surface area (Å²) < 4.78 is 0. The van der Waals surface area contributed by atoms with Crippen molar-refractivity contribution in [3.63, 3.8) is 0 Å². The van der Waals surface area contributed by atoms with Crippen molar-refractivity contribution in [3.05, 3.63) is 121 Å². The van der Waals surface area contributed by atoms with E-state index in [1.165, 1.54) is 33.4 Å². The van der Waals surface area contributed by atoms with Gasteiger partial charge in [-0.25, -0.2) is 0 Å². The monoisotopic (exact) mass is 496 g/mol. The molecule has 38 heavy (non-hydrogen) atoms. The molecule has 0 aliphatic carbocycles. The average molecular weight is 497 g/mol. The topological polar surface area (TPSA) is 25.8 Å². The second-order valence-electron chi connectivity index (χ2n) is 11.0. The van der Waals surface area contributed by atoms with Gasteiger partial charge in [-0.2, -0.15) is 0 Å². The highest BCUT2D eigenvalue weighted by atomic mass is 14.7. The molecule has 2 nitrogen and oxygen atoms in total. The predicted octanol–water partition coefficient (Wildman–Crippen LogP) is 9.54. The van der Waals surface area contributed by atoms with Crippen LogP contribution >= 0.6 is 0 Å². The van der Waals surface area contributed by atoms with Crippen molar-refractivity contribution < 1.29 is 0 Å². The van der Waals surface area contributed by atoms with E-state index in [4.69, 9.17) is 9.97 Å². The fraction of sp³-hybridized carbons (Fsp3) is 0.222. The van der Waals surface area contributed by atoms with Crippen molar-refractivity contribution in [2.45, 2.75) is 40.5 Å². The van der Waals surface area contributed by atoms with E-state index in [9.17, 15) is 0 Å². The molecule has 0 spiro atoms. The van der Waals surface area contributed by atoms with Crippen LogP contribution in [0.1, 0.15) is 38.8 Å². The minimum atomic E-state index is 0.618. The van der Waals surface area contributed by atoms with E-state index >= 15 is 0 Å². The Kier molecular flexibility index (Phi) is 7.79. The van der Waals surface area contributed by atoms with Crippen LogP contribution in [0, 0.1) is 11.8 Å². The van der Waals surface area contributed by atoms with Crippen LogP contribution in [0.15, 0.2) is 109 Å². The highest BCUT2D eigenvalue weighted by Gasteiger charge is 2.11. The molecule has 0 fully saturated rings. The Balaban J connectivity index is 1.51. The van der Waals surface area contributed by atoms with E-state index in [0.717, 1.165) is 35.4 Å². The third kappa shape index (κ3) is 6.08. The summed E-state index contributed by atoms with van der Waals surface area (Å²) in [6, 6.07) is 34.9. The van der Waals surface area contributed by atoms with Crippen LogP contribution in [0.3, 0.4) is 0 Å². The second kappa shape index (κ2) is 11.6. The highest BCUT2D eigenvalue weighted by Crippen LogP contribution is 2.35. The maximum atomic E-state index is 4.70. The quantitative estimate of drug-likeness (QED) is 0.214. The van der Waals surface area contributed by atoms with E-state index in [0.29, 0.717) is 11.8 Å². The maximum Gasteiger partial charge on any atom is 0.0704 e. The van der Waals surface area contributed by atoms with Crippen LogP contribution in [-0.4, -0.2) is 9.97 Å². The minimum absolute atomic E-state index is 0.618. The normalized spacial score (nSPS) is 11.3. The largest absolute Gasteiger partial charge is 0.256 e. The van der Waals surface area contributed by atoms with Crippen molar-refractivity contribution >= 4 is 0 Å². The smallest absolute Gasteiger partial charge is 0.0704 e. The van der Waals surface area contributed by atoms with Gasteiger partial charge in [0.1, 0.15) is 0 Å². The molecular formula is C36H36N2. The fourth-order valence-corrected chi connectivity index (χ4v) is 5.14. The van der Waals surface area contributed by atoms with Crippen molar-refractivity contribution in [2.75, 3.05) is 0 Å². The van der Waals surface area contributed by atoms with Crippen LogP contribution in [0.25, 0.3) is 44.8 Å². The zero-order valence-electron chi connectivity index (χ0n) is 22.9. The van der Waals surface area contributed by atoms with Crippen molar-refractivity contribution in [3.8, 4) is 44.8 Å². The van der Waals surface area contributed by atoms with Gasteiger partial charge < -0.3 is 0 Å². The Bertz CT molecular complexity index is 1410. The summed E-state index contributed by atoms with van der Waals surface area (Å²) in [5.74, 6) is 1.24. The van der Waals surface area contributed by atoms with Gasteiger partial charge in [0.15, 0.2) is 0 Å². The Hall–Kier alpha value is -4.04. The van der Waals surface area contributed by atoms with Crippen LogP contribution in [0.5, 0.6) is 0 Å². The van der Waals surface area contributed by atoms with Gasteiger partial charge in [-0.15, -0.1) is 0 Å². The van der Waals surface area contributed by atoms with E-state index in [1.807, 2.05) is 12.4 Å². The van der Waals surface area contributed by atoms with Gasteiger partial charge in [-0.05, 0) is 94.5 Å². The maximum absolute atomic E-state index is 4.70. The molecule has 0 radical (unpaired) electrons. The molecule has 2 aromatic heterocycles. The van der Waals surface area contributed by atoms with Crippen LogP contribution < -0.4 is 0 Å². The molecule has 0 saturated heterocycles. The van der Waals surface area contributed by atoms with Gasteiger partial charge >= 0.3 is 0 Å². The zero-order valence-corrected chi connectivity index (χ0v) is 22.9. The third-order valence-corrected chi connectivity index (χ3v) is 6.80. The van der Waals surface area contributed by atoms with E-state index in [1.54, 1.807) is 0 Å². The fourth-order valence-electron chi connectivity index (χ4n) is 5.14. The summed E-state index contributed by atoms with van der Waals surface area (Å²) in [7, 11) is 0. The summed E-state index contributed by atoms with van der Waals surface area (Å²) in [5, 5.41) is 0. The lowest BCUT2D eigenvalue weighted by atomic mass is 9.92. The number of aromatic nitrogens is 2. The second-order valence-corrected chi connectivity index (χ2v) is 11.0. The molecule has 2 heterocycles. The molecule has 0 bridgehead atoms. The summed E-state index contributed by atoms with van der Waals surface area (Å²) in [6.45, 7) is 9.02. The number of hydrogen-bond donors (Lipinski definition) is 0. The molecule has 190 valence electrons. The first-order valence-corrected chi connectivity index (χ1v) is 13.7. The van der Waals surface area contributed by atoms with Crippen LogP contribution in [0.2, 0.25) is 0 Å². The first-order valence-electron chi connectivity index (χ1n) is 13.7. The van der Waals surface area contributed by atoms with Gasteiger partial charge in [-0.3, -0.25) is 9.97 Å². The Morgan fingerprint density at radius 3 is 1.32 bits per heavy atom. The van der Waals surface area contributed by atoms with Gasteiger partial charge in [-0.1, -0.05) is 88.4 Å². The van der Waals surface area contributed by atoms with Crippen LogP contribution in [0.4, 0.5) is 0 Å². The number of benzene rings is 3. The first-order chi connectivity index (χ1) is 18.5. The highest BCUT2D eigenvalue weighted by molar-refractivity contribution is 5.86. The lowest BCUT2D eigenvalue weighted by Gasteiger charge is -2.13. The molecule has 0 amide bonds. The minimum Gasteiger partial charge on any atom is -0.256 e. The SMILES string of the molecule is CC(C)Cc1ccnc(-c2cccc(-c3ccccc3-c3cccc(-c4cc(CC(C)C)ccn4)c3)c2)c1. The summed E-state index contributed by atoms with van der Waals surface area (Å²) in [4.78, 5) is 9.39. The number of pyridine rings is 2. The molecule has 0 atom stereocenters. The number of nitrogens with zero attached hydrogens (tertiary/aromatic N) is 2. The van der Waals surface area contributed by atoms with Gasteiger partial charge in [0.25, 0.3) is 0 Å². The van der Waals surface area contributed by atoms with E-state index in [2.05, 4.69) is 125 Å². The molecule has 0 saturated carbocycles. The summed E-state index contributed by atoms with van der Waals surface area (Å²) in [5.41, 5.74) is 11.8. The van der Waals surface area contributed by atoms with Gasteiger partial charge in [0.2, 0.25) is 0 Å². The lowest BCUT2D eigenvalue weighted by Crippen LogP contribution is -1.95. The molecule has 0 N–H and O–H groups in total. The molecule has 0 unspecified atom stereocenters. The zero-order chi connectivity index (χ0) is 26.5. The molecule has 5 aromatic rings. The predicted molar refractivity (Wildman–Crippen MR) is 161 cm³/mol. The molecule has 3 aromatic carbocycles. The Labute approximate surface area is 227 Å². The van der Waals surface area contributed by atoms with Crippen molar-refractivity contribution in [1.82, 2.24) is 9.97 Å². The van der Waals surface area contributed by atoms with Crippen LogP contribution in [-0.2, 0) is 12.8 Å². The molecule has 0 aliphatic rings. The Morgan fingerprint density at radius 1 is 0.474 bits per heavy atom. The Morgan fingerprint density at radius 2 is 0.895 bits per heavy atom. The first kappa shape index (κ1) is 25.6. The number of rotatable bonds is 8. The van der Waals surface area contributed by atoms with E-state index < -0.39 is 0 Å². The standard InChI is InChI=1S/C36H36N2/c1-25(2)19-27-15-17-37-35(21-27)31-11-7-9-29(23-31)33-13-5-6-14-34(33)30-10-8-12-32(24-30)36-22-28(16-18-38-36)20-26(3)4/h5-18,21-26H,19-20H2,1-4H3. The summed E-state index contributed by atoms with van der Waals surface area (Å²) in [6.07, 6.45) is 5.99. The lowest BCUT2D eigenvalue weighted by molar-refractivity contribution is 0.647. The molecule has 5 rings (SSSR count). The van der Waals surface area contributed by atoms with E-state index in [-0.39, 0.29) is 0 Å². The van der Waals surface area contributed by atoms with Gasteiger partial charge in [0, 0.05) is 23.5 Å². The summed E-state index contributed by atoms with van der Waals surface area (Å²) >= 11 is 0. The third-order valence-electron chi connectivity index (χ3n) is 6.80. The molecule has 0 aliphatic heterocycles. The molecule has 2 heteroatoms. The van der Waals surface area contributed by atoms with Crippen molar-refractivity contribution in [2.24, 2.45) is 11.8 Å². The van der Waals surface area contributed by atoms with Gasteiger partial charge in [0.05, 0.1) is 11.4 Å².